The number of aliphatic hydroxyl groups excluding tert-OH is 2. The van der Waals surface area contributed by atoms with Gasteiger partial charge in [-0.15, -0.1) is 0 Å². The number of carbonyl (C=O) groups excluding carboxylic acids is 1. The highest BCUT2D eigenvalue weighted by Gasteiger charge is 2.20. The van der Waals surface area contributed by atoms with Crippen LogP contribution in [0, 0.1) is 0 Å². The van der Waals surface area contributed by atoms with Crippen LogP contribution in [0.4, 0.5) is 0 Å². The molecule has 6 nitrogen and oxygen atoms in total. The summed E-state index contributed by atoms with van der Waals surface area (Å²) in [6.07, 6.45) is 4.24. The van der Waals surface area contributed by atoms with Crippen LogP contribution in [0.5, 0.6) is 0 Å². The molecule has 1 fully saturated rings. The lowest BCUT2D eigenvalue weighted by atomic mass is 10.1. The normalized spacial score (nSPS) is 26.4. The molecule has 6 heteroatoms. The van der Waals surface area contributed by atoms with Crippen LogP contribution in [0.25, 0.3) is 0 Å². The molecule has 0 unspecified atom stereocenters. The number of aliphatic hydroxyl groups is 2. The van der Waals surface area contributed by atoms with E-state index < -0.39 is 12.2 Å². The number of amides is 1. The van der Waals surface area contributed by atoms with E-state index in [-0.39, 0.29) is 12.5 Å². The summed E-state index contributed by atoms with van der Waals surface area (Å²) < 4.78 is 10.3. The van der Waals surface area contributed by atoms with Crippen molar-refractivity contribution in [2.24, 2.45) is 0 Å². The maximum atomic E-state index is 12.2. The zero-order chi connectivity index (χ0) is 16.2. The molecule has 0 bridgehead atoms. The van der Waals surface area contributed by atoms with Crippen LogP contribution < -0.4 is 0 Å². The van der Waals surface area contributed by atoms with Gasteiger partial charge in [0.05, 0.1) is 25.7 Å². The average molecular weight is 317 g/mol. The third-order valence-corrected chi connectivity index (χ3v) is 4.02. The van der Waals surface area contributed by atoms with E-state index in [9.17, 15) is 15.0 Å². The van der Waals surface area contributed by atoms with Crippen molar-refractivity contribution in [3.05, 3.63) is 0 Å². The second kappa shape index (κ2) is 11.8. The van der Waals surface area contributed by atoms with Gasteiger partial charge in [0, 0.05) is 26.8 Å². The Labute approximate surface area is 133 Å². The molecular formula is C16H31NO5. The molecule has 1 aliphatic heterocycles. The molecule has 0 spiro atoms. The van der Waals surface area contributed by atoms with E-state index >= 15 is 0 Å². The van der Waals surface area contributed by atoms with Gasteiger partial charge in [-0.1, -0.05) is 19.3 Å². The Balaban J connectivity index is 2.52. The number of hydrogen-bond donors (Lipinski definition) is 2. The lowest BCUT2D eigenvalue weighted by Gasteiger charge is -2.26. The number of hydrogen-bond acceptors (Lipinski definition) is 5. The Morgan fingerprint density at radius 2 is 1.86 bits per heavy atom. The molecule has 0 aromatic rings. The van der Waals surface area contributed by atoms with E-state index in [1.54, 1.807) is 12.0 Å². The van der Waals surface area contributed by atoms with Crippen LogP contribution in [0.3, 0.4) is 0 Å². The molecule has 0 aromatic carbocycles. The minimum Gasteiger partial charge on any atom is -0.390 e. The van der Waals surface area contributed by atoms with E-state index in [4.69, 9.17) is 9.47 Å². The quantitative estimate of drug-likeness (QED) is 0.810. The average Bonchev–Trinajstić information content (AvgIpc) is 2.52. The Kier molecular flexibility index (Phi) is 10.4. The summed E-state index contributed by atoms with van der Waals surface area (Å²) in [5.41, 5.74) is 0. The van der Waals surface area contributed by atoms with Gasteiger partial charge in [-0.3, -0.25) is 4.79 Å². The second-order valence-corrected chi connectivity index (χ2v) is 5.89. The Bertz CT molecular complexity index is 300. The van der Waals surface area contributed by atoms with Gasteiger partial charge >= 0.3 is 0 Å². The standard InChI is InChI=1S/C16H31NO5/c1-21-12-8-16(20)17-9-5-3-2-4-6-11-22-13-15(19)14(18)7-10-17/h14-15,18-19H,2-13H2,1H3/t14-,15+/m0/s1. The molecule has 22 heavy (non-hydrogen) atoms. The first kappa shape index (κ1) is 19.4. The van der Waals surface area contributed by atoms with Gasteiger partial charge in [0.25, 0.3) is 0 Å². The number of methoxy groups -OCH3 is 1. The molecule has 2 atom stereocenters. The maximum absolute atomic E-state index is 12.2. The van der Waals surface area contributed by atoms with Crippen LogP contribution >= 0.6 is 0 Å². The lowest BCUT2D eigenvalue weighted by Crippen LogP contribution is -2.38. The Hall–Kier alpha value is -0.690. The highest BCUT2D eigenvalue weighted by atomic mass is 16.5. The van der Waals surface area contributed by atoms with Crippen molar-refractivity contribution in [3.8, 4) is 0 Å². The number of ether oxygens (including phenoxy) is 2. The van der Waals surface area contributed by atoms with Crippen molar-refractivity contribution < 1.29 is 24.5 Å². The predicted octanol–water partition coefficient (Wildman–Crippen LogP) is 0.944. The van der Waals surface area contributed by atoms with Crippen molar-refractivity contribution in [1.29, 1.82) is 0 Å². The van der Waals surface area contributed by atoms with Gasteiger partial charge in [0.2, 0.25) is 5.91 Å². The molecule has 0 aromatic heterocycles. The molecule has 0 saturated carbocycles. The van der Waals surface area contributed by atoms with E-state index in [2.05, 4.69) is 0 Å². The van der Waals surface area contributed by atoms with E-state index in [1.807, 2.05) is 0 Å². The summed E-state index contributed by atoms with van der Waals surface area (Å²) in [4.78, 5) is 13.9. The zero-order valence-corrected chi connectivity index (χ0v) is 13.7. The zero-order valence-electron chi connectivity index (χ0n) is 13.7. The summed E-state index contributed by atoms with van der Waals surface area (Å²) in [5, 5.41) is 19.8. The van der Waals surface area contributed by atoms with Gasteiger partial charge in [-0.05, 0) is 19.3 Å². The molecule has 1 saturated heterocycles. The van der Waals surface area contributed by atoms with Gasteiger partial charge in [-0.2, -0.15) is 0 Å². The lowest BCUT2D eigenvalue weighted by molar-refractivity contribution is -0.133. The molecule has 1 aliphatic rings. The van der Waals surface area contributed by atoms with Crippen LogP contribution in [-0.2, 0) is 14.3 Å². The van der Waals surface area contributed by atoms with Crippen molar-refractivity contribution in [3.63, 3.8) is 0 Å². The smallest absolute Gasteiger partial charge is 0.224 e. The number of carbonyl (C=O) groups is 1. The van der Waals surface area contributed by atoms with Gasteiger partial charge in [0.15, 0.2) is 0 Å². The summed E-state index contributed by atoms with van der Waals surface area (Å²) in [5.74, 6) is 0.0480. The maximum Gasteiger partial charge on any atom is 0.224 e. The summed E-state index contributed by atoms with van der Waals surface area (Å²) in [6.45, 7) is 2.36. The predicted molar refractivity (Wildman–Crippen MR) is 83.6 cm³/mol. The third kappa shape index (κ3) is 8.08. The molecule has 130 valence electrons. The Morgan fingerprint density at radius 3 is 2.64 bits per heavy atom. The molecule has 1 heterocycles. The van der Waals surface area contributed by atoms with E-state index in [0.717, 1.165) is 32.1 Å². The first-order chi connectivity index (χ1) is 10.6. The van der Waals surface area contributed by atoms with E-state index in [1.165, 1.54) is 0 Å². The molecule has 0 aliphatic carbocycles. The van der Waals surface area contributed by atoms with Crippen LogP contribution in [0.1, 0.15) is 44.9 Å². The summed E-state index contributed by atoms with van der Waals surface area (Å²) in [6, 6.07) is 0. The molecule has 1 rings (SSSR count). The van der Waals surface area contributed by atoms with Crippen molar-refractivity contribution in [2.45, 2.75) is 57.2 Å². The van der Waals surface area contributed by atoms with Crippen LogP contribution in [0.2, 0.25) is 0 Å². The second-order valence-electron chi connectivity index (χ2n) is 5.89. The number of rotatable bonds is 3. The van der Waals surface area contributed by atoms with Crippen molar-refractivity contribution in [2.75, 3.05) is 40.0 Å². The van der Waals surface area contributed by atoms with Crippen LogP contribution in [0.15, 0.2) is 0 Å². The van der Waals surface area contributed by atoms with Gasteiger partial charge < -0.3 is 24.6 Å². The van der Waals surface area contributed by atoms with Crippen molar-refractivity contribution >= 4 is 5.91 Å². The molecule has 1 amide bonds. The van der Waals surface area contributed by atoms with Crippen molar-refractivity contribution in [1.82, 2.24) is 4.90 Å². The van der Waals surface area contributed by atoms with Crippen LogP contribution in [-0.4, -0.2) is 73.2 Å². The SMILES string of the molecule is COCCC(=O)N1CCCCCCCOC[C@@H](O)[C@@H](O)CC1. The fourth-order valence-corrected chi connectivity index (χ4v) is 2.54. The summed E-state index contributed by atoms with van der Waals surface area (Å²) >= 11 is 0. The minimum atomic E-state index is -0.890. The number of nitrogens with zero attached hydrogens (tertiary/aromatic N) is 1. The molecule has 0 radical (unpaired) electrons. The highest BCUT2D eigenvalue weighted by molar-refractivity contribution is 5.76. The first-order valence-corrected chi connectivity index (χ1v) is 8.35. The fourth-order valence-electron chi connectivity index (χ4n) is 2.54. The Morgan fingerprint density at radius 1 is 1.14 bits per heavy atom. The topological polar surface area (TPSA) is 79.2 Å². The van der Waals surface area contributed by atoms with Gasteiger partial charge in [0.1, 0.15) is 6.10 Å². The highest BCUT2D eigenvalue weighted by Crippen LogP contribution is 2.10. The fraction of sp³-hybridized carbons (Fsp3) is 0.938. The molecule has 2 N–H and O–H groups in total. The van der Waals surface area contributed by atoms with E-state index in [0.29, 0.717) is 39.1 Å². The molecular weight excluding hydrogens is 286 g/mol. The largest absolute Gasteiger partial charge is 0.390 e. The third-order valence-electron chi connectivity index (χ3n) is 4.02. The summed E-state index contributed by atoms with van der Waals surface area (Å²) in [7, 11) is 1.58. The first-order valence-electron chi connectivity index (χ1n) is 8.35. The minimum absolute atomic E-state index is 0.0480. The van der Waals surface area contributed by atoms with Gasteiger partial charge in [-0.25, -0.2) is 0 Å². The monoisotopic (exact) mass is 317 g/mol.